The lowest BCUT2D eigenvalue weighted by Gasteiger charge is -2.23. The zero-order valence-electron chi connectivity index (χ0n) is 14.9. The van der Waals surface area contributed by atoms with Crippen molar-refractivity contribution in [2.45, 2.75) is 25.6 Å². The van der Waals surface area contributed by atoms with Crippen LogP contribution in [0.5, 0.6) is 0 Å². The Labute approximate surface area is 155 Å². The van der Waals surface area contributed by atoms with Crippen LogP contribution >= 0.6 is 0 Å². The number of hydrogen-bond donors (Lipinski definition) is 0. The van der Waals surface area contributed by atoms with E-state index in [0.717, 1.165) is 16.2 Å². The van der Waals surface area contributed by atoms with Crippen LogP contribution in [0.3, 0.4) is 0 Å². The van der Waals surface area contributed by atoms with Gasteiger partial charge < -0.3 is 4.90 Å². The molecule has 7 heteroatoms. The fraction of sp³-hybridized carbons (Fsp3) is 0.300. The lowest BCUT2D eigenvalue weighted by Crippen LogP contribution is -2.42. The Balaban J connectivity index is 1.91. The number of rotatable bonds is 5. The van der Waals surface area contributed by atoms with Gasteiger partial charge in [-0.25, -0.2) is 0 Å². The van der Waals surface area contributed by atoms with Gasteiger partial charge in [-0.15, -0.1) is 0 Å². The molecule has 0 N–H and O–H groups in total. The minimum atomic E-state index is -4.44. The first-order chi connectivity index (χ1) is 12.9. The highest BCUT2D eigenvalue weighted by atomic mass is 19.4. The SMILES string of the molecule is CCN(CC(F)(F)F)C(=O)C1=NN(c2ccccc2)[C@H](c2ccccc2)C1. The molecule has 0 fully saturated rings. The summed E-state index contributed by atoms with van der Waals surface area (Å²) < 4.78 is 38.3. The third-order valence-electron chi connectivity index (χ3n) is 4.40. The summed E-state index contributed by atoms with van der Waals surface area (Å²) in [6.07, 6.45) is -4.19. The summed E-state index contributed by atoms with van der Waals surface area (Å²) in [5, 5.41) is 6.12. The lowest BCUT2D eigenvalue weighted by atomic mass is 10.0. The van der Waals surface area contributed by atoms with Crippen LogP contribution in [0, 0.1) is 0 Å². The number of carbonyl (C=O) groups is 1. The standard InChI is InChI=1S/C20H20F3N3O/c1-2-25(14-20(21,22)23)19(27)17-13-18(15-9-5-3-6-10-15)26(24-17)16-11-7-4-8-12-16/h3-12,18H,2,13-14H2,1H3/t18-/m0/s1. The van der Waals surface area contributed by atoms with E-state index in [2.05, 4.69) is 5.10 Å². The Morgan fingerprint density at radius 1 is 1.11 bits per heavy atom. The topological polar surface area (TPSA) is 35.9 Å². The Hall–Kier alpha value is -2.83. The summed E-state index contributed by atoms with van der Waals surface area (Å²) in [4.78, 5) is 13.5. The predicted octanol–water partition coefficient (Wildman–Crippen LogP) is 4.40. The molecule has 1 amide bonds. The van der Waals surface area contributed by atoms with Gasteiger partial charge in [0.15, 0.2) is 0 Å². The lowest BCUT2D eigenvalue weighted by molar-refractivity contribution is -0.156. The van der Waals surface area contributed by atoms with Crippen LogP contribution in [0.4, 0.5) is 18.9 Å². The number of para-hydroxylation sites is 1. The molecule has 0 saturated carbocycles. The molecule has 3 rings (SSSR count). The van der Waals surface area contributed by atoms with Gasteiger partial charge >= 0.3 is 6.18 Å². The van der Waals surface area contributed by atoms with Crippen LogP contribution < -0.4 is 5.01 Å². The molecular formula is C20H20F3N3O. The van der Waals surface area contributed by atoms with Crippen LogP contribution in [0.2, 0.25) is 0 Å². The van der Waals surface area contributed by atoms with E-state index in [4.69, 9.17) is 0 Å². The van der Waals surface area contributed by atoms with Crippen LogP contribution in [-0.4, -0.2) is 35.8 Å². The predicted molar refractivity (Wildman–Crippen MR) is 98.5 cm³/mol. The van der Waals surface area contributed by atoms with Gasteiger partial charge in [0, 0.05) is 13.0 Å². The van der Waals surface area contributed by atoms with E-state index in [1.54, 1.807) is 5.01 Å². The van der Waals surface area contributed by atoms with Crippen LogP contribution in [0.1, 0.15) is 24.9 Å². The molecule has 0 aromatic heterocycles. The van der Waals surface area contributed by atoms with Crippen molar-refractivity contribution in [3.05, 3.63) is 66.2 Å². The molecule has 27 heavy (non-hydrogen) atoms. The van der Waals surface area contributed by atoms with E-state index in [1.807, 2.05) is 60.7 Å². The zero-order valence-corrected chi connectivity index (χ0v) is 14.9. The normalized spacial score (nSPS) is 17.0. The molecule has 1 heterocycles. The second-order valence-electron chi connectivity index (χ2n) is 6.29. The molecule has 0 radical (unpaired) electrons. The van der Waals surface area contributed by atoms with E-state index in [0.29, 0.717) is 0 Å². The summed E-state index contributed by atoms with van der Waals surface area (Å²) in [7, 11) is 0. The first-order valence-corrected chi connectivity index (χ1v) is 8.72. The third-order valence-corrected chi connectivity index (χ3v) is 4.40. The monoisotopic (exact) mass is 375 g/mol. The fourth-order valence-electron chi connectivity index (χ4n) is 3.12. The number of amides is 1. The number of hydrogen-bond acceptors (Lipinski definition) is 3. The molecule has 1 atom stereocenters. The summed E-state index contributed by atoms with van der Waals surface area (Å²) in [6.45, 7) is 0.226. The molecule has 0 unspecified atom stereocenters. The van der Waals surface area contributed by atoms with E-state index < -0.39 is 18.6 Å². The summed E-state index contributed by atoms with van der Waals surface area (Å²) >= 11 is 0. The molecule has 0 spiro atoms. The molecule has 2 aromatic carbocycles. The number of benzene rings is 2. The van der Waals surface area contributed by atoms with E-state index >= 15 is 0 Å². The molecule has 1 aliphatic rings. The Bertz CT molecular complexity index is 806. The highest BCUT2D eigenvalue weighted by Gasteiger charge is 2.37. The number of halogens is 3. The maximum absolute atomic E-state index is 12.8. The van der Waals surface area contributed by atoms with Crippen molar-refractivity contribution in [3.8, 4) is 0 Å². The highest BCUT2D eigenvalue weighted by molar-refractivity contribution is 6.39. The molecular weight excluding hydrogens is 355 g/mol. The van der Waals surface area contributed by atoms with Crippen LogP contribution in [0.25, 0.3) is 0 Å². The van der Waals surface area contributed by atoms with Crippen molar-refractivity contribution in [2.75, 3.05) is 18.1 Å². The quantitative estimate of drug-likeness (QED) is 0.776. The van der Waals surface area contributed by atoms with Gasteiger partial charge in [0.25, 0.3) is 5.91 Å². The summed E-state index contributed by atoms with van der Waals surface area (Å²) in [5.41, 5.74) is 1.87. The molecule has 0 saturated heterocycles. The van der Waals surface area contributed by atoms with Crippen molar-refractivity contribution in [2.24, 2.45) is 5.10 Å². The minimum Gasteiger partial charge on any atom is -0.329 e. The van der Waals surface area contributed by atoms with Gasteiger partial charge in [0.1, 0.15) is 12.3 Å². The second-order valence-corrected chi connectivity index (χ2v) is 6.29. The molecule has 1 aliphatic heterocycles. The number of nitrogens with zero attached hydrogens (tertiary/aromatic N) is 3. The van der Waals surface area contributed by atoms with E-state index in [1.165, 1.54) is 6.92 Å². The second kappa shape index (κ2) is 7.82. The van der Waals surface area contributed by atoms with Crippen molar-refractivity contribution >= 4 is 17.3 Å². The van der Waals surface area contributed by atoms with Gasteiger partial charge in [-0.1, -0.05) is 48.5 Å². The van der Waals surface area contributed by atoms with Gasteiger partial charge in [-0.2, -0.15) is 18.3 Å². The summed E-state index contributed by atoms with van der Waals surface area (Å²) in [6, 6.07) is 18.6. The largest absolute Gasteiger partial charge is 0.406 e. The maximum Gasteiger partial charge on any atom is 0.406 e. The number of hydrazone groups is 1. The molecule has 0 bridgehead atoms. The molecule has 0 aliphatic carbocycles. The van der Waals surface area contributed by atoms with Gasteiger partial charge in [0.2, 0.25) is 0 Å². The van der Waals surface area contributed by atoms with Crippen molar-refractivity contribution < 1.29 is 18.0 Å². The van der Waals surface area contributed by atoms with Crippen molar-refractivity contribution in [3.63, 3.8) is 0 Å². The number of carbonyl (C=O) groups excluding carboxylic acids is 1. The van der Waals surface area contributed by atoms with Gasteiger partial charge in [-0.05, 0) is 24.6 Å². The van der Waals surface area contributed by atoms with Crippen LogP contribution in [-0.2, 0) is 4.79 Å². The Kier molecular flexibility index (Phi) is 5.48. The first-order valence-electron chi connectivity index (χ1n) is 8.72. The van der Waals surface area contributed by atoms with Crippen LogP contribution in [0.15, 0.2) is 65.8 Å². The Morgan fingerprint density at radius 2 is 1.70 bits per heavy atom. The highest BCUT2D eigenvalue weighted by Crippen LogP contribution is 2.35. The van der Waals surface area contributed by atoms with Crippen molar-refractivity contribution in [1.29, 1.82) is 0 Å². The van der Waals surface area contributed by atoms with E-state index in [-0.39, 0.29) is 24.7 Å². The molecule has 4 nitrogen and oxygen atoms in total. The molecule has 142 valence electrons. The average molecular weight is 375 g/mol. The Morgan fingerprint density at radius 3 is 2.26 bits per heavy atom. The summed E-state index contributed by atoms with van der Waals surface area (Å²) in [5.74, 6) is -0.672. The van der Waals surface area contributed by atoms with E-state index in [9.17, 15) is 18.0 Å². The number of alkyl halides is 3. The average Bonchev–Trinajstić information content (AvgIpc) is 3.11. The maximum atomic E-state index is 12.8. The van der Waals surface area contributed by atoms with Gasteiger partial charge in [0.05, 0.1) is 11.7 Å². The smallest absolute Gasteiger partial charge is 0.329 e. The minimum absolute atomic E-state index is 0.0291. The number of anilines is 1. The molecule has 2 aromatic rings. The third kappa shape index (κ3) is 4.48. The zero-order chi connectivity index (χ0) is 19.4. The fourth-order valence-corrected chi connectivity index (χ4v) is 3.12. The van der Waals surface area contributed by atoms with Gasteiger partial charge in [-0.3, -0.25) is 9.80 Å². The first kappa shape index (κ1) is 18.9. The van der Waals surface area contributed by atoms with Crippen molar-refractivity contribution in [1.82, 2.24) is 4.90 Å².